The van der Waals surface area contributed by atoms with Crippen molar-refractivity contribution in [3.05, 3.63) is 82.7 Å². The van der Waals surface area contributed by atoms with Crippen molar-refractivity contribution in [1.82, 2.24) is 0 Å². The fourth-order valence-corrected chi connectivity index (χ4v) is 9.69. The molecule has 0 heterocycles. The minimum absolute atomic E-state index is 0.00188. The van der Waals surface area contributed by atoms with E-state index < -0.39 is 53.5 Å². The fourth-order valence-electron chi connectivity index (χ4n) is 9.69. The van der Waals surface area contributed by atoms with Crippen molar-refractivity contribution < 1.29 is 34.0 Å². The number of benzene rings is 2. The molecule has 9 heteroatoms. The summed E-state index contributed by atoms with van der Waals surface area (Å²) in [7, 11) is 1.76. The normalized spacial score (nSPS) is 33.9. The zero-order valence-corrected chi connectivity index (χ0v) is 26.9. The Kier molecular flexibility index (Phi) is 8.51. The Morgan fingerprint density at radius 1 is 1.24 bits per heavy atom. The number of allylic oxidation sites excluding steroid dienone is 4. The van der Waals surface area contributed by atoms with Gasteiger partial charge in [0, 0.05) is 36.2 Å². The number of aryl methyl sites for hydroxylation is 1. The van der Waals surface area contributed by atoms with E-state index in [-0.39, 0.29) is 34.8 Å². The highest BCUT2D eigenvalue weighted by Gasteiger charge is 2.65. The number of nitrogen functional groups attached to an aromatic ring is 1. The maximum absolute atomic E-state index is 16.2. The lowest BCUT2D eigenvalue weighted by molar-refractivity contribution is -0.168. The maximum Gasteiger partial charge on any atom is 0.184 e. The van der Waals surface area contributed by atoms with Crippen LogP contribution in [0.5, 0.6) is 0 Å². The van der Waals surface area contributed by atoms with Gasteiger partial charge >= 0.3 is 0 Å². The summed E-state index contributed by atoms with van der Waals surface area (Å²) in [5, 5.41) is 33.3. The van der Waals surface area contributed by atoms with E-state index in [1.165, 1.54) is 0 Å². The molecule has 4 aliphatic rings. The lowest BCUT2D eigenvalue weighted by atomic mass is 9.46. The third-order valence-electron chi connectivity index (χ3n) is 11.7. The molecule has 2 unspecified atom stereocenters. The van der Waals surface area contributed by atoms with Gasteiger partial charge in [-0.2, -0.15) is 0 Å². The number of nitrogens with zero attached hydrogens (tertiary/aromatic N) is 1. The first-order chi connectivity index (χ1) is 21.8. The van der Waals surface area contributed by atoms with Crippen molar-refractivity contribution in [2.45, 2.75) is 71.5 Å². The Balaban J connectivity index is 1.29. The van der Waals surface area contributed by atoms with E-state index in [9.17, 15) is 24.9 Å². The summed E-state index contributed by atoms with van der Waals surface area (Å²) in [5.74, 6) is -2.04. The first kappa shape index (κ1) is 32.6. The second kappa shape index (κ2) is 12.0. The minimum Gasteiger partial charge on any atom is -0.399 e. The summed E-state index contributed by atoms with van der Waals surface area (Å²) in [5.41, 5.74) is 8.08. The standard InChI is InChI=1S/C37H45FN2O6/c1-20-8-11-27(40(4)18-21-6-5-7-23(39)14-21)34(38)31(20)35(45)46-30-16-26-25-10-9-22-15-24(42)12-13-36(22,2)32(25)28(43)17-37(26,3)33(30)29(44)19-41/h5-8,11-15,25-26,28,30,32-33,35,41,43,45H,9-10,16-19,39H2,1-4H3/t25-,26?,28-,30+,32?,33-,35+,36-,37-/m0/s1. The molecule has 2 aromatic rings. The molecule has 4 aliphatic carbocycles. The topological polar surface area (TPSA) is 133 Å². The number of Topliss-reactive ketones (excluding diaryl/α,β-unsaturated/α-hetero) is 1. The average Bonchev–Trinajstić information content (AvgIpc) is 3.27. The van der Waals surface area contributed by atoms with Crippen LogP contribution in [0, 0.1) is 47.2 Å². The number of fused-ring (bicyclic) bond motifs is 5. The molecule has 0 spiro atoms. The van der Waals surface area contributed by atoms with Crippen molar-refractivity contribution in [3.8, 4) is 0 Å². The van der Waals surface area contributed by atoms with Crippen molar-refractivity contribution in [3.63, 3.8) is 0 Å². The van der Waals surface area contributed by atoms with Gasteiger partial charge in [0.05, 0.1) is 23.8 Å². The molecule has 8 nitrogen and oxygen atoms in total. The van der Waals surface area contributed by atoms with Gasteiger partial charge in [-0.15, -0.1) is 0 Å². The van der Waals surface area contributed by atoms with Crippen LogP contribution in [0.15, 0.2) is 60.2 Å². The van der Waals surface area contributed by atoms with Gasteiger partial charge in [0.15, 0.2) is 23.7 Å². The predicted molar refractivity (Wildman–Crippen MR) is 173 cm³/mol. The molecule has 9 atom stereocenters. The number of aliphatic hydroxyl groups excluding tert-OH is 3. The number of carbonyl (C=O) groups is 2. The molecule has 6 rings (SSSR count). The Labute approximate surface area is 269 Å². The molecule has 246 valence electrons. The largest absolute Gasteiger partial charge is 0.399 e. The third kappa shape index (κ3) is 5.31. The molecule has 3 saturated carbocycles. The van der Waals surface area contributed by atoms with Gasteiger partial charge in [0.25, 0.3) is 0 Å². The summed E-state index contributed by atoms with van der Waals surface area (Å²) in [6, 6.07) is 10.8. The Hall–Kier alpha value is -3.37. The molecular formula is C37H45FN2O6. The molecule has 0 saturated heterocycles. The molecule has 0 aliphatic heterocycles. The van der Waals surface area contributed by atoms with Gasteiger partial charge in [-0.1, -0.05) is 43.7 Å². The highest BCUT2D eigenvalue weighted by atomic mass is 19.1. The smallest absolute Gasteiger partial charge is 0.184 e. The van der Waals surface area contributed by atoms with E-state index in [1.54, 1.807) is 49.2 Å². The van der Waals surface area contributed by atoms with Gasteiger partial charge in [-0.3, -0.25) is 9.59 Å². The van der Waals surface area contributed by atoms with Crippen LogP contribution in [0.1, 0.15) is 62.5 Å². The van der Waals surface area contributed by atoms with Gasteiger partial charge < -0.3 is 30.7 Å². The van der Waals surface area contributed by atoms with E-state index >= 15 is 4.39 Å². The van der Waals surface area contributed by atoms with Gasteiger partial charge in [-0.05, 0) is 91.3 Å². The number of ether oxygens (including phenoxy) is 1. The number of aliphatic hydroxyl groups is 3. The van der Waals surface area contributed by atoms with Crippen LogP contribution in [-0.4, -0.2) is 52.7 Å². The second-order valence-corrected chi connectivity index (χ2v) is 14.4. The van der Waals surface area contributed by atoms with E-state index in [0.29, 0.717) is 37.1 Å². The van der Waals surface area contributed by atoms with Crippen molar-refractivity contribution in [2.75, 3.05) is 24.3 Å². The Bertz CT molecular complexity index is 1610. The van der Waals surface area contributed by atoms with Crippen molar-refractivity contribution in [2.24, 2.45) is 34.5 Å². The molecule has 2 aromatic carbocycles. The molecule has 3 fully saturated rings. The van der Waals surface area contributed by atoms with E-state index in [0.717, 1.165) is 17.6 Å². The average molecular weight is 633 g/mol. The molecule has 5 N–H and O–H groups in total. The second-order valence-electron chi connectivity index (χ2n) is 14.4. The highest BCUT2D eigenvalue weighted by Crippen LogP contribution is 2.66. The van der Waals surface area contributed by atoms with Gasteiger partial charge in [0.1, 0.15) is 6.61 Å². The minimum atomic E-state index is -1.66. The number of ketones is 2. The molecule has 0 amide bonds. The molecule has 0 bridgehead atoms. The zero-order valence-electron chi connectivity index (χ0n) is 26.9. The highest BCUT2D eigenvalue weighted by molar-refractivity contribution is 6.01. The van der Waals surface area contributed by atoms with Crippen molar-refractivity contribution in [1.29, 1.82) is 0 Å². The number of hydrogen-bond donors (Lipinski definition) is 4. The monoisotopic (exact) mass is 632 g/mol. The first-order valence-corrected chi connectivity index (χ1v) is 16.2. The van der Waals surface area contributed by atoms with E-state index in [4.69, 9.17) is 10.5 Å². The third-order valence-corrected chi connectivity index (χ3v) is 11.7. The van der Waals surface area contributed by atoms with Gasteiger partial charge in [-0.25, -0.2) is 4.39 Å². The van der Waals surface area contributed by atoms with E-state index in [2.05, 4.69) is 6.92 Å². The zero-order chi connectivity index (χ0) is 33.1. The number of carbonyl (C=O) groups excluding carboxylic acids is 2. The lowest BCUT2D eigenvalue weighted by Gasteiger charge is -2.58. The quantitative estimate of drug-likeness (QED) is 0.241. The number of halogens is 1. The molecule has 46 heavy (non-hydrogen) atoms. The summed E-state index contributed by atoms with van der Waals surface area (Å²) >= 11 is 0. The molecular weight excluding hydrogens is 587 g/mol. The van der Waals surface area contributed by atoms with E-state index in [1.807, 2.05) is 31.2 Å². The Morgan fingerprint density at radius 3 is 2.72 bits per heavy atom. The number of nitrogens with two attached hydrogens (primary N) is 1. The number of hydrogen-bond acceptors (Lipinski definition) is 8. The predicted octanol–water partition coefficient (Wildman–Crippen LogP) is 4.80. The number of rotatable bonds is 8. The van der Waals surface area contributed by atoms with Crippen LogP contribution in [0.2, 0.25) is 0 Å². The fraction of sp³-hybridized carbons (Fsp3) is 0.514. The SMILES string of the molecule is Cc1ccc(N(C)Cc2cccc(N)c2)c(F)c1[C@H](O)O[C@@H]1CC2[C@@H]3CCC4=CC(=O)C=C[C@]4(C)C3[C@@H](O)C[C@]2(C)[C@H]1C(=O)CO. The van der Waals surface area contributed by atoms with Crippen LogP contribution in [-0.2, 0) is 20.9 Å². The molecule has 0 radical (unpaired) electrons. The van der Waals surface area contributed by atoms with Crippen LogP contribution in [0.3, 0.4) is 0 Å². The van der Waals surface area contributed by atoms with Crippen LogP contribution in [0.25, 0.3) is 0 Å². The molecule has 0 aromatic heterocycles. The van der Waals surface area contributed by atoms with Crippen molar-refractivity contribution >= 4 is 22.9 Å². The summed E-state index contributed by atoms with van der Waals surface area (Å²) < 4.78 is 22.5. The summed E-state index contributed by atoms with van der Waals surface area (Å²) in [6.07, 6.45) is 4.20. The lowest BCUT2D eigenvalue weighted by Crippen LogP contribution is -2.56. The number of anilines is 2. The summed E-state index contributed by atoms with van der Waals surface area (Å²) in [6.45, 7) is 5.46. The van der Waals surface area contributed by atoms with Crippen LogP contribution in [0.4, 0.5) is 15.8 Å². The maximum atomic E-state index is 16.2. The summed E-state index contributed by atoms with van der Waals surface area (Å²) in [4.78, 5) is 27.4. The van der Waals surface area contributed by atoms with Crippen LogP contribution >= 0.6 is 0 Å². The van der Waals surface area contributed by atoms with Crippen LogP contribution < -0.4 is 10.6 Å². The Morgan fingerprint density at radius 2 is 2.00 bits per heavy atom. The van der Waals surface area contributed by atoms with Gasteiger partial charge in [0.2, 0.25) is 0 Å². The first-order valence-electron chi connectivity index (χ1n) is 16.2.